The summed E-state index contributed by atoms with van der Waals surface area (Å²) in [6.07, 6.45) is -22.6. The quantitative estimate of drug-likeness (QED) is 0.0123. The van der Waals surface area contributed by atoms with Gasteiger partial charge in [-0.05, 0) is 5.92 Å². The molecule has 0 aromatic heterocycles. The van der Waals surface area contributed by atoms with E-state index in [1.54, 1.807) is 34.6 Å². The Morgan fingerprint density at radius 1 is 0.242 bits per heavy atom. The maximum atomic E-state index is 11.5. The van der Waals surface area contributed by atoms with Crippen molar-refractivity contribution < 1.29 is 257 Å². The topological polar surface area (TPSA) is 799 Å². The standard InChI is InChI=1S/C12H23NO4.5C10H19NO4.C6H18O24P6/c1-9(2)6-12(16)17-10(7-11(14)15)8-13(3,4)5;5*1-5-10(14)15-8(6-9(12)13)7-11(2,3)4;7-31(8,9)25-1-2(26-32(10,11)12)4(28-34(16,17)18)6(30-36(22,23)24)5(29-35(19,20)21)3(1)27-33(13,14)15/h9-10H,6-8H2,1-5H3;5*8H,5-7H2,1-4H3;1-6H,(H2,7,8,9)(H2,10,11,12)(H2,13,14,15)(H2,16,17,18)(H2,19,20,21)(H2,22,23,24)/t10-;5*8-;/m111111./s1. The van der Waals surface area contributed by atoms with E-state index in [9.17, 15) is 114 Å². The molecule has 0 aliphatic heterocycles. The van der Waals surface area contributed by atoms with Gasteiger partial charge < -0.3 is 172 Å². The molecule has 1 saturated carbocycles. The van der Waals surface area contributed by atoms with Crippen molar-refractivity contribution in [1.82, 2.24) is 0 Å². The van der Waals surface area contributed by atoms with Gasteiger partial charge >= 0.3 is 71.6 Å². The number of likely N-dealkylation sites (N-methyl/N-ethyl adjacent to an activating group) is 6. The van der Waals surface area contributed by atoms with Crippen LogP contribution in [0.1, 0.15) is 126 Å². The summed E-state index contributed by atoms with van der Waals surface area (Å²) in [5.74, 6) is -7.54. The summed E-state index contributed by atoms with van der Waals surface area (Å²) in [6.45, 7) is 15.3. The van der Waals surface area contributed by atoms with Crippen LogP contribution in [0.2, 0.25) is 0 Å². The summed E-state index contributed by atoms with van der Waals surface area (Å²) in [5, 5.41) is 52.1. The molecule has 6 unspecified atom stereocenters. The molecule has 1 rings (SSSR count). The number of rotatable bonds is 49. The Bertz CT molecular complexity index is 3220. The van der Waals surface area contributed by atoms with Gasteiger partial charge in [-0.15, -0.1) is 0 Å². The number of hydrogen-bond donors (Lipinski definition) is 12. The van der Waals surface area contributed by atoms with Crippen LogP contribution < -0.4 is 29.4 Å². The van der Waals surface area contributed by atoms with Crippen LogP contribution in [-0.4, -0.2) is 398 Å². The van der Waals surface area contributed by atoms with Gasteiger partial charge in [0.1, 0.15) is 75.9 Å². The van der Waals surface area contributed by atoms with E-state index in [4.69, 9.17) is 88.4 Å². The van der Waals surface area contributed by atoms with Crippen molar-refractivity contribution in [2.24, 2.45) is 5.92 Å². The van der Waals surface area contributed by atoms with E-state index in [-0.39, 0.29) is 112 Å². The van der Waals surface area contributed by atoms with E-state index in [0.29, 0.717) is 72.6 Å². The van der Waals surface area contributed by atoms with Gasteiger partial charge in [-0.2, -0.15) is 0 Å². The van der Waals surface area contributed by atoms with Gasteiger partial charge in [0.05, 0.1) is 165 Å². The lowest BCUT2D eigenvalue weighted by atomic mass is 9.85. The van der Waals surface area contributed by atoms with Crippen molar-refractivity contribution in [3.8, 4) is 0 Å². The molecule has 0 bridgehead atoms. The zero-order valence-corrected chi connectivity index (χ0v) is 82.0. The second kappa shape index (κ2) is 59.6. The predicted molar refractivity (Wildman–Crippen MR) is 429 cm³/mol. The highest BCUT2D eigenvalue weighted by atomic mass is 31.2. The summed E-state index contributed by atoms with van der Waals surface area (Å²) in [6, 6.07) is 0. The van der Waals surface area contributed by atoms with Crippen molar-refractivity contribution in [3.63, 3.8) is 0 Å². The van der Waals surface area contributed by atoms with Crippen molar-refractivity contribution in [2.75, 3.05) is 166 Å². The normalized spacial score (nSPS) is 20.1. The van der Waals surface area contributed by atoms with E-state index in [1.165, 1.54) is 0 Å². The number of hydrogen-bond acceptors (Lipinski definition) is 36. The highest BCUT2D eigenvalue weighted by Crippen LogP contribution is 2.54. The summed E-state index contributed by atoms with van der Waals surface area (Å²) < 4.78 is 125. The zero-order chi connectivity index (χ0) is 103. The van der Waals surface area contributed by atoms with Crippen LogP contribution in [0, 0.1) is 5.92 Å². The molecule has 0 aromatic rings. The Balaban J connectivity index is -0.000000352. The van der Waals surface area contributed by atoms with Crippen LogP contribution in [0.3, 0.4) is 0 Å². The summed E-state index contributed by atoms with van der Waals surface area (Å²) in [4.78, 5) is 252. The Hall–Kier alpha value is -5.94. The van der Waals surface area contributed by atoms with Gasteiger partial charge in [0, 0.05) is 38.5 Å². The average molecular weight is 1990 g/mol. The lowest BCUT2D eigenvalue weighted by molar-refractivity contribution is -0.873. The van der Waals surface area contributed by atoms with Crippen LogP contribution in [0.15, 0.2) is 0 Å². The Morgan fingerprint density at radius 3 is 0.430 bits per heavy atom. The number of carbonyl (C=O) groups excluding carboxylic acids is 6. The van der Waals surface area contributed by atoms with Crippen molar-refractivity contribution in [2.45, 2.75) is 199 Å². The fourth-order valence-electron chi connectivity index (χ4n) is 10.4. The SMILES string of the molecule is CC(C)CC(=O)O[C@H](CC(=O)O)C[N+](C)(C)C.CCC(=O)O[C@H](CC(=O)O)C[N+](C)(C)C.CCC(=O)O[C@H](CC(=O)O)C[N+](C)(C)C.CCC(=O)O[C@H](CC(=O)O)C[N+](C)(C)C.CCC(=O)O[C@H](CC(=O)O)C[N+](C)(C)C.CCC(=O)O[C@H](CC(=O)O)C[N+](C)(C)C.O=P([O-])(O)OC1C(OP(=O)([O-])O)C(OP(=O)([O-])O)C(OP(=O)([O-])O)C(OP(=O)([O-])O)C1OP(=O)([O-])O. The number of ether oxygens (including phenoxy) is 6. The summed E-state index contributed by atoms with van der Waals surface area (Å²) >= 11 is 0. The lowest BCUT2D eigenvalue weighted by Crippen LogP contribution is -2.67. The van der Waals surface area contributed by atoms with Crippen LogP contribution in [-0.2, 0) is 140 Å². The van der Waals surface area contributed by atoms with E-state index < -0.39 is 156 Å². The molecule has 60 heteroatoms. The molecule has 128 heavy (non-hydrogen) atoms. The van der Waals surface area contributed by atoms with Crippen LogP contribution in [0.25, 0.3) is 0 Å². The first-order chi connectivity index (χ1) is 56.9. The number of carboxylic acids is 6. The third-order valence-corrected chi connectivity index (χ3v) is 17.3. The average Bonchev–Trinajstić information content (AvgIpc) is 0.742. The first kappa shape index (κ1) is 133. The summed E-state index contributed by atoms with van der Waals surface area (Å²) in [5.41, 5.74) is 0. The Labute approximate surface area is 743 Å². The van der Waals surface area contributed by atoms with Gasteiger partial charge in [0.2, 0.25) is 0 Å². The molecule has 1 aliphatic rings. The highest BCUT2D eigenvalue weighted by Gasteiger charge is 2.60. The number of nitrogens with zero attached hydrogens (tertiary/aromatic N) is 6. The van der Waals surface area contributed by atoms with E-state index in [2.05, 4.69) is 27.1 Å². The minimum Gasteiger partial charge on any atom is -0.756 e. The lowest BCUT2D eigenvalue weighted by Gasteiger charge is -2.52. The van der Waals surface area contributed by atoms with Crippen molar-refractivity contribution in [3.05, 3.63) is 0 Å². The molecular weight excluding hydrogens is 1850 g/mol. The molecule has 756 valence electrons. The third-order valence-electron chi connectivity index (χ3n) is 14.2. The molecule has 54 nitrogen and oxygen atoms in total. The first-order valence-corrected chi connectivity index (χ1v) is 47.5. The number of phosphoric acid groups is 6. The molecule has 1 aliphatic carbocycles. The number of quaternary nitrogens is 6. The smallest absolute Gasteiger partial charge is 0.307 e. The minimum absolute atomic E-state index is 0.138. The largest absolute Gasteiger partial charge is 0.756 e. The van der Waals surface area contributed by atoms with E-state index in [0.717, 1.165) is 0 Å². The van der Waals surface area contributed by atoms with Crippen LogP contribution in [0.4, 0.5) is 0 Å². The first-order valence-electron chi connectivity index (χ1n) is 38.5. The van der Waals surface area contributed by atoms with Gasteiger partial charge in [-0.3, -0.25) is 84.9 Å². The third kappa shape index (κ3) is 86.8. The molecule has 0 spiro atoms. The second-order valence-electron chi connectivity index (χ2n) is 34.7. The minimum atomic E-state index is -6.35. The molecule has 0 saturated heterocycles. The fourth-order valence-corrected chi connectivity index (χ4v) is 13.7. The van der Waals surface area contributed by atoms with Crippen molar-refractivity contribution in [1.29, 1.82) is 0 Å². The number of aliphatic carboxylic acids is 6. The molecule has 0 aromatic carbocycles. The zero-order valence-electron chi connectivity index (χ0n) is 76.7. The maximum Gasteiger partial charge on any atom is 0.307 e. The monoisotopic (exact) mass is 1990 g/mol. The number of esters is 6. The summed E-state index contributed by atoms with van der Waals surface area (Å²) in [7, 11) is -3.41. The predicted octanol–water partition coefficient (Wildman–Crippen LogP) is -3.35. The van der Waals surface area contributed by atoms with Crippen LogP contribution in [0.5, 0.6) is 0 Å². The van der Waals surface area contributed by atoms with E-state index in [1.807, 2.05) is 141 Å². The molecule has 12 atom stereocenters. The molecule has 0 radical (unpaired) electrons. The number of carboxylic acid groups (broad SMARTS) is 6. The molecule has 0 amide bonds. The van der Waals surface area contributed by atoms with Crippen LogP contribution >= 0.6 is 46.9 Å². The Morgan fingerprint density at radius 2 is 0.352 bits per heavy atom. The van der Waals surface area contributed by atoms with Gasteiger partial charge in [-0.1, -0.05) is 48.5 Å². The van der Waals surface area contributed by atoms with Gasteiger partial charge in [0.25, 0.3) is 46.9 Å². The van der Waals surface area contributed by atoms with Gasteiger partial charge in [0.15, 0.2) is 36.6 Å². The molecular formula is C68H136N6O48P6. The molecule has 1 fully saturated rings. The fraction of sp³-hybridized carbons (Fsp3) is 0.824. The molecule has 0 heterocycles. The second-order valence-corrected chi connectivity index (χ2v) is 41.6. The highest BCUT2D eigenvalue weighted by molar-refractivity contribution is 7.46. The Kier molecular flexibility index (Phi) is 61.9. The number of carbonyl (C=O) groups is 12. The number of phosphoric ester groups is 6. The van der Waals surface area contributed by atoms with Gasteiger partial charge in [-0.25, -0.2) is 0 Å². The molecule has 12 N–H and O–H groups in total. The van der Waals surface area contributed by atoms with E-state index >= 15 is 0 Å². The van der Waals surface area contributed by atoms with Crippen molar-refractivity contribution >= 4 is 119 Å². The maximum absolute atomic E-state index is 11.5.